The Kier molecular flexibility index (Phi) is 3.29. The summed E-state index contributed by atoms with van der Waals surface area (Å²) in [6, 6.07) is 0. The highest BCUT2D eigenvalue weighted by molar-refractivity contribution is 7.09. The molecule has 0 aromatic carbocycles. The monoisotopic (exact) mass is 277 g/mol. The fourth-order valence-electron chi connectivity index (χ4n) is 2.42. The number of rotatable bonds is 2. The zero-order chi connectivity index (χ0) is 13.2. The van der Waals surface area contributed by atoms with Crippen molar-refractivity contribution < 1.29 is 4.79 Å². The summed E-state index contributed by atoms with van der Waals surface area (Å²) < 4.78 is 0. The highest BCUT2D eigenvalue weighted by Gasteiger charge is 2.27. The van der Waals surface area contributed by atoms with Gasteiger partial charge >= 0.3 is 0 Å². The zero-order valence-corrected chi connectivity index (χ0v) is 11.5. The standard InChI is InChI=1S/C12H15N5OS/c1-8-15-10(6-19-8)12(18)17-4-2-3-9(5-17)11-13-7-14-16-11/h6-7,9H,2-5H2,1H3,(H,13,14,16). The summed E-state index contributed by atoms with van der Waals surface area (Å²) in [7, 11) is 0. The number of carbonyl (C=O) groups excluding carboxylic acids is 1. The Balaban J connectivity index is 1.73. The molecule has 1 N–H and O–H groups in total. The molecule has 100 valence electrons. The highest BCUT2D eigenvalue weighted by Crippen LogP contribution is 2.25. The van der Waals surface area contributed by atoms with Crippen LogP contribution in [-0.2, 0) is 0 Å². The Morgan fingerprint density at radius 3 is 3.16 bits per heavy atom. The van der Waals surface area contributed by atoms with E-state index in [9.17, 15) is 4.79 Å². The number of likely N-dealkylation sites (tertiary alicyclic amines) is 1. The Morgan fingerprint density at radius 2 is 2.47 bits per heavy atom. The van der Waals surface area contributed by atoms with Gasteiger partial charge in [0.25, 0.3) is 5.91 Å². The summed E-state index contributed by atoms with van der Waals surface area (Å²) in [5.41, 5.74) is 0.556. The largest absolute Gasteiger partial charge is 0.337 e. The van der Waals surface area contributed by atoms with Gasteiger partial charge in [0, 0.05) is 24.4 Å². The van der Waals surface area contributed by atoms with E-state index in [1.165, 1.54) is 17.7 Å². The van der Waals surface area contributed by atoms with Crippen LogP contribution in [0.5, 0.6) is 0 Å². The summed E-state index contributed by atoms with van der Waals surface area (Å²) in [6.07, 6.45) is 3.54. The van der Waals surface area contributed by atoms with E-state index in [4.69, 9.17) is 0 Å². The number of nitrogens with one attached hydrogen (secondary N) is 1. The summed E-state index contributed by atoms with van der Waals surface area (Å²) in [5, 5.41) is 9.53. The number of aromatic nitrogens is 4. The molecule has 3 heterocycles. The summed E-state index contributed by atoms with van der Waals surface area (Å²) in [5.74, 6) is 1.14. The molecule has 1 amide bonds. The first-order valence-electron chi connectivity index (χ1n) is 6.30. The van der Waals surface area contributed by atoms with Crippen LogP contribution < -0.4 is 0 Å². The molecule has 1 aliphatic heterocycles. The van der Waals surface area contributed by atoms with Crippen LogP contribution in [0.3, 0.4) is 0 Å². The average molecular weight is 277 g/mol. The first-order valence-corrected chi connectivity index (χ1v) is 7.18. The minimum Gasteiger partial charge on any atom is -0.337 e. The molecule has 7 heteroatoms. The molecule has 6 nitrogen and oxygen atoms in total. The molecule has 1 fully saturated rings. The highest BCUT2D eigenvalue weighted by atomic mass is 32.1. The summed E-state index contributed by atoms with van der Waals surface area (Å²) in [6.45, 7) is 3.39. The van der Waals surface area contributed by atoms with E-state index in [2.05, 4.69) is 20.2 Å². The van der Waals surface area contributed by atoms with Gasteiger partial charge in [-0.15, -0.1) is 11.3 Å². The number of nitrogens with zero attached hydrogens (tertiary/aromatic N) is 4. The van der Waals surface area contributed by atoms with Gasteiger partial charge in [0.1, 0.15) is 17.8 Å². The number of piperidine rings is 1. The third-order valence-corrected chi connectivity index (χ3v) is 4.14. The first kappa shape index (κ1) is 12.3. The third-order valence-electron chi connectivity index (χ3n) is 3.37. The second-order valence-corrected chi connectivity index (χ2v) is 5.78. The maximum Gasteiger partial charge on any atom is 0.273 e. The SMILES string of the molecule is Cc1nc(C(=O)N2CCCC(c3ncn[nH]3)C2)cs1. The van der Waals surface area contributed by atoms with E-state index >= 15 is 0 Å². The first-order chi connectivity index (χ1) is 9.24. The lowest BCUT2D eigenvalue weighted by Crippen LogP contribution is -2.39. The normalized spacial score (nSPS) is 19.6. The quantitative estimate of drug-likeness (QED) is 0.904. The molecule has 1 aliphatic rings. The van der Waals surface area contributed by atoms with E-state index in [1.54, 1.807) is 0 Å². The van der Waals surface area contributed by atoms with Crippen LogP contribution in [0.4, 0.5) is 0 Å². The van der Waals surface area contributed by atoms with E-state index in [0.717, 1.165) is 30.2 Å². The average Bonchev–Trinajstić information content (AvgIpc) is 3.09. The predicted molar refractivity (Wildman–Crippen MR) is 71.1 cm³/mol. The van der Waals surface area contributed by atoms with Crippen LogP contribution in [0.15, 0.2) is 11.7 Å². The van der Waals surface area contributed by atoms with E-state index < -0.39 is 0 Å². The van der Waals surface area contributed by atoms with Crippen molar-refractivity contribution in [1.29, 1.82) is 0 Å². The lowest BCUT2D eigenvalue weighted by Gasteiger charge is -2.31. The number of hydrogen-bond acceptors (Lipinski definition) is 5. The second-order valence-electron chi connectivity index (χ2n) is 4.71. The smallest absolute Gasteiger partial charge is 0.273 e. The maximum absolute atomic E-state index is 12.4. The molecule has 2 aromatic rings. The number of hydrogen-bond donors (Lipinski definition) is 1. The van der Waals surface area contributed by atoms with E-state index in [1.807, 2.05) is 17.2 Å². The molecule has 0 radical (unpaired) electrons. The van der Waals surface area contributed by atoms with Crippen molar-refractivity contribution in [2.24, 2.45) is 0 Å². The number of aryl methyl sites for hydroxylation is 1. The van der Waals surface area contributed by atoms with Crippen molar-refractivity contribution in [3.63, 3.8) is 0 Å². The minimum absolute atomic E-state index is 0.0218. The molecule has 1 atom stereocenters. The lowest BCUT2D eigenvalue weighted by molar-refractivity contribution is 0.0699. The molecule has 1 saturated heterocycles. The molecule has 19 heavy (non-hydrogen) atoms. The molecular formula is C12H15N5OS. The van der Waals surface area contributed by atoms with Gasteiger partial charge in [-0.3, -0.25) is 9.89 Å². The third kappa shape index (κ3) is 2.51. The molecule has 1 unspecified atom stereocenters. The molecule has 2 aromatic heterocycles. The fourth-order valence-corrected chi connectivity index (χ4v) is 3.01. The van der Waals surface area contributed by atoms with Crippen molar-refractivity contribution in [3.8, 4) is 0 Å². The fraction of sp³-hybridized carbons (Fsp3) is 0.500. The molecule has 3 rings (SSSR count). The van der Waals surface area contributed by atoms with Gasteiger partial charge in [-0.2, -0.15) is 5.10 Å². The Morgan fingerprint density at radius 1 is 1.58 bits per heavy atom. The van der Waals surface area contributed by atoms with Crippen molar-refractivity contribution >= 4 is 17.2 Å². The molecule has 0 saturated carbocycles. The van der Waals surface area contributed by atoms with Gasteiger partial charge in [0.05, 0.1) is 5.01 Å². The number of H-pyrrole nitrogens is 1. The number of amides is 1. The predicted octanol–water partition coefficient (Wildman–Crippen LogP) is 1.59. The van der Waals surface area contributed by atoms with Crippen LogP contribution >= 0.6 is 11.3 Å². The maximum atomic E-state index is 12.4. The van der Waals surface area contributed by atoms with Gasteiger partial charge in [-0.1, -0.05) is 0 Å². The summed E-state index contributed by atoms with van der Waals surface area (Å²) in [4.78, 5) is 22.7. The lowest BCUT2D eigenvalue weighted by atomic mass is 9.97. The van der Waals surface area contributed by atoms with E-state index in [-0.39, 0.29) is 11.8 Å². The van der Waals surface area contributed by atoms with Crippen LogP contribution in [-0.4, -0.2) is 44.1 Å². The Hall–Kier alpha value is -1.76. The van der Waals surface area contributed by atoms with Crippen molar-refractivity contribution in [2.45, 2.75) is 25.7 Å². The van der Waals surface area contributed by atoms with Crippen molar-refractivity contribution in [3.05, 3.63) is 28.2 Å². The van der Waals surface area contributed by atoms with E-state index in [0.29, 0.717) is 12.2 Å². The van der Waals surface area contributed by atoms with Gasteiger partial charge < -0.3 is 4.90 Å². The molecular weight excluding hydrogens is 262 g/mol. The van der Waals surface area contributed by atoms with Crippen LogP contribution in [0, 0.1) is 6.92 Å². The zero-order valence-electron chi connectivity index (χ0n) is 10.7. The molecule has 0 aliphatic carbocycles. The summed E-state index contributed by atoms with van der Waals surface area (Å²) >= 11 is 1.51. The van der Waals surface area contributed by atoms with Crippen LogP contribution in [0.1, 0.15) is 40.1 Å². The molecule has 0 bridgehead atoms. The Labute approximate surface area is 114 Å². The second kappa shape index (κ2) is 5.08. The Bertz CT molecular complexity index is 564. The topological polar surface area (TPSA) is 74.8 Å². The molecule has 0 spiro atoms. The number of aromatic amines is 1. The number of thiazole rings is 1. The van der Waals surface area contributed by atoms with Gasteiger partial charge in [0.15, 0.2) is 0 Å². The van der Waals surface area contributed by atoms with Gasteiger partial charge in [-0.05, 0) is 19.8 Å². The van der Waals surface area contributed by atoms with Crippen molar-refractivity contribution in [2.75, 3.05) is 13.1 Å². The minimum atomic E-state index is 0.0218. The van der Waals surface area contributed by atoms with Gasteiger partial charge in [0.2, 0.25) is 0 Å². The van der Waals surface area contributed by atoms with Crippen molar-refractivity contribution in [1.82, 2.24) is 25.1 Å². The van der Waals surface area contributed by atoms with Gasteiger partial charge in [-0.25, -0.2) is 9.97 Å². The van der Waals surface area contributed by atoms with Crippen LogP contribution in [0.25, 0.3) is 0 Å². The van der Waals surface area contributed by atoms with Crippen LogP contribution in [0.2, 0.25) is 0 Å². The number of carbonyl (C=O) groups is 1.